The third kappa shape index (κ3) is 4.21. The number of hydrogen-bond donors (Lipinski definition) is 1. The van der Waals surface area contributed by atoms with Gasteiger partial charge in [0.1, 0.15) is 22.9 Å². The van der Waals surface area contributed by atoms with E-state index in [4.69, 9.17) is 4.74 Å². The van der Waals surface area contributed by atoms with Gasteiger partial charge in [-0.1, -0.05) is 12.1 Å². The number of amides is 1. The van der Waals surface area contributed by atoms with Gasteiger partial charge in [-0.05, 0) is 66.1 Å². The Balaban J connectivity index is 1.56. The lowest BCUT2D eigenvalue weighted by Gasteiger charge is -2.28. The highest BCUT2D eigenvalue weighted by Gasteiger charge is 2.28. The zero-order valence-corrected chi connectivity index (χ0v) is 18.0. The van der Waals surface area contributed by atoms with Gasteiger partial charge in [0, 0.05) is 18.8 Å². The summed E-state index contributed by atoms with van der Waals surface area (Å²) >= 11 is 0. The number of hydrogen-bond acceptors (Lipinski definition) is 4. The topological polar surface area (TPSA) is 75.7 Å². The van der Waals surface area contributed by atoms with E-state index in [1.54, 1.807) is 30.3 Å². The Kier molecular flexibility index (Phi) is 5.94. The predicted octanol–water partition coefficient (Wildman–Crippen LogP) is 3.97. The summed E-state index contributed by atoms with van der Waals surface area (Å²) < 4.78 is 60.3. The normalized spacial score (nSPS) is 14.0. The molecule has 3 aromatic rings. The molecule has 0 atom stereocenters. The molecule has 1 aliphatic heterocycles. The largest absolute Gasteiger partial charge is 0.497 e. The lowest BCUT2D eigenvalue weighted by molar-refractivity contribution is 0.101. The van der Waals surface area contributed by atoms with E-state index < -0.39 is 33.1 Å². The van der Waals surface area contributed by atoms with Gasteiger partial charge in [0.05, 0.1) is 12.0 Å². The molecule has 4 rings (SSSR count). The smallest absolute Gasteiger partial charge is 0.261 e. The van der Waals surface area contributed by atoms with Crippen molar-refractivity contribution in [2.45, 2.75) is 17.9 Å². The average Bonchev–Trinajstić information content (AvgIpc) is 2.78. The van der Waals surface area contributed by atoms with Gasteiger partial charge in [0.15, 0.2) is 0 Å². The van der Waals surface area contributed by atoms with E-state index in [1.165, 1.54) is 29.6 Å². The summed E-state index contributed by atoms with van der Waals surface area (Å²) in [5.74, 6) is -2.28. The van der Waals surface area contributed by atoms with Crippen molar-refractivity contribution in [1.29, 1.82) is 0 Å². The molecule has 0 aromatic heterocycles. The highest BCUT2D eigenvalue weighted by atomic mass is 32.2. The first kappa shape index (κ1) is 21.9. The number of nitrogens with zero attached hydrogens (tertiary/aromatic N) is 1. The summed E-state index contributed by atoms with van der Waals surface area (Å²) in [6.07, 6.45) is 0.501. The van der Waals surface area contributed by atoms with E-state index in [9.17, 15) is 22.0 Å². The first-order valence-corrected chi connectivity index (χ1v) is 11.2. The summed E-state index contributed by atoms with van der Waals surface area (Å²) in [4.78, 5) is 12.5. The maximum absolute atomic E-state index is 13.9. The molecule has 1 N–H and O–H groups in total. The van der Waals surface area contributed by atoms with Gasteiger partial charge in [-0.3, -0.25) is 4.79 Å². The number of rotatable bonds is 5. The Morgan fingerprint density at radius 3 is 2.34 bits per heavy atom. The minimum Gasteiger partial charge on any atom is -0.497 e. The highest BCUT2D eigenvalue weighted by Crippen LogP contribution is 2.28. The summed E-state index contributed by atoms with van der Waals surface area (Å²) in [6.45, 7) is 0.426. The second-order valence-electron chi connectivity index (χ2n) is 7.30. The molecule has 166 valence electrons. The van der Waals surface area contributed by atoms with Gasteiger partial charge in [-0.25, -0.2) is 17.2 Å². The predicted molar refractivity (Wildman–Crippen MR) is 115 cm³/mol. The minimum absolute atomic E-state index is 0.113. The third-order valence-corrected chi connectivity index (χ3v) is 7.19. The SMILES string of the molecule is COc1ccc(S(=O)(=O)N2CCc3ccc(NC(=O)c4c(F)cccc4F)cc3C2)cc1. The number of benzene rings is 3. The lowest BCUT2D eigenvalue weighted by Crippen LogP contribution is -2.36. The molecule has 1 heterocycles. The van der Waals surface area contributed by atoms with E-state index in [2.05, 4.69) is 5.32 Å². The first-order valence-electron chi connectivity index (χ1n) is 9.81. The molecule has 1 amide bonds. The number of methoxy groups -OCH3 is 1. The highest BCUT2D eigenvalue weighted by molar-refractivity contribution is 7.89. The van der Waals surface area contributed by atoms with Crippen LogP contribution in [0, 0.1) is 11.6 Å². The number of ether oxygens (including phenoxy) is 1. The summed E-state index contributed by atoms with van der Waals surface area (Å²) in [5, 5.41) is 2.49. The van der Waals surface area contributed by atoms with Crippen molar-refractivity contribution < 1.29 is 26.7 Å². The Bertz CT molecular complexity index is 1260. The Labute approximate surface area is 184 Å². The van der Waals surface area contributed by atoms with Crippen LogP contribution in [0.15, 0.2) is 65.6 Å². The van der Waals surface area contributed by atoms with Crippen LogP contribution in [0.2, 0.25) is 0 Å². The first-order chi connectivity index (χ1) is 15.3. The molecule has 0 saturated carbocycles. The van der Waals surface area contributed by atoms with Crippen LogP contribution in [0.1, 0.15) is 21.5 Å². The summed E-state index contributed by atoms with van der Waals surface area (Å²) in [5.41, 5.74) is 1.30. The summed E-state index contributed by atoms with van der Waals surface area (Å²) in [6, 6.07) is 14.4. The molecule has 0 spiro atoms. The van der Waals surface area contributed by atoms with Crippen molar-refractivity contribution in [2.24, 2.45) is 0 Å². The molecule has 3 aromatic carbocycles. The van der Waals surface area contributed by atoms with Crippen LogP contribution < -0.4 is 10.1 Å². The number of fused-ring (bicyclic) bond motifs is 1. The standard InChI is InChI=1S/C23H20F2N2O4S/c1-31-18-7-9-19(10-8-18)32(29,30)27-12-11-15-5-6-17(13-16(15)14-27)26-23(28)22-20(24)3-2-4-21(22)25/h2-10,13H,11-12,14H2,1H3,(H,26,28). The van der Waals surface area contributed by atoms with Crippen LogP contribution in [-0.2, 0) is 23.0 Å². The van der Waals surface area contributed by atoms with Crippen molar-refractivity contribution in [3.8, 4) is 5.75 Å². The molecule has 1 aliphatic rings. The molecule has 0 radical (unpaired) electrons. The Morgan fingerprint density at radius 1 is 1.00 bits per heavy atom. The molecular formula is C23H20F2N2O4S. The maximum Gasteiger partial charge on any atom is 0.261 e. The van der Waals surface area contributed by atoms with Crippen LogP contribution in [-0.4, -0.2) is 32.3 Å². The number of carbonyl (C=O) groups is 1. The molecule has 9 heteroatoms. The zero-order chi connectivity index (χ0) is 22.9. The number of sulfonamides is 1. The van der Waals surface area contributed by atoms with Gasteiger partial charge in [-0.2, -0.15) is 4.31 Å². The summed E-state index contributed by atoms with van der Waals surface area (Å²) in [7, 11) is -2.23. The van der Waals surface area contributed by atoms with Gasteiger partial charge in [0.25, 0.3) is 5.91 Å². The molecule has 0 fully saturated rings. The molecule has 32 heavy (non-hydrogen) atoms. The van der Waals surface area contributed by atoms with Crippen LogP contribution >= 0.6 is 0 Å². The number of nitrogens with one attached hydrogen (secondary N) is 1. The average molecular weight is 458 g/mol. The maximum atomic E-state index is 13.9. The van der Waals surface area contributed by atoms with Crippen LogP contribution in [0.25, 0.3) is 0 Å². The number of carbonyl (C=O) groups excluding carboxylic acids is 1. The fourth-order valence-electron chi connectivity index (χ4n) is 3.62. The van der Waals surface area contributed by atoms with Crippen LogP contribution in [0.5, 0.6) is 5.75 Å². The van der Waals surface area contributed by atoms with E-state index in [0.29, 0.717) is 30.0 Å². The van der Waals surface area contributed by atoms with Crippen molar-refractivity contribution >= 4 is 21.6 Å². The van der Waals surface area contributed by atoms with Crippen molar-refractivity contribution in [1.82, 2.24) is 4.31 Å². The molecule has 6 nitrogen and oxygen atoms in total. The van der Waals surface area contributed by atoms with E-state index >= 15 is 0 Å². The Morgan fingerprint density at radius 2 is 1.69 bits per heavy atom. The third-order valence-electron chi connectivity index (χ3n) is 5.33. The van der Waals surface area contributed by atoms with Crippen molar-refractivity contribution in [3.63, 3.8) is 0 Å². The van der Waals surface area contributed by atoms with Gasteiger partial charge >= 0.3 is 0 Å². The Hall–Kier alpha value is -3.30. The second kappa shape index (κ2) is 8.68. The zero-order valence-electron chi connectivity index (χ0n) is 17.1. The van der Waals surface area contributed by atoms with Gasteiger partial charge in [0.2, 0.25) is 10.0 Å². The number of halogens is 2. The molecule has 0 unspecified atom stereocenters. The van der Waals surface area contributed by atoms with Crippen molar-refractivity contribution in [2.75, 3.05) is 19.0 Å². The quantitative estimate of drug-likeness (QED) is 0.628. The van der Waals surface area contributed by atoms with Crippen molar-refractivity contribution in [3.05, 3.63) is 89.0 Å². The fourth-order valence-corrected chi connectivity index (χ4v) is 5.04. The van der Waals surface area contributed by atoms with E-state index in [-0.39, 0.29) is 11.4 Å². The molecule has 0 bridgehead atoms. The molecule has 0 aliphatic carbocycles. The second-order valence-corrected chi connectivity index (χ2v) is 9.24. The molecule has 0 saturated heterocycles. The number of anilines is 1. The lowest BCUT2D eigenvalue weighted by atomic mass is 10.0. The molecular weight excluding hydrogens is 438 g/mol. The van der Waals surface area contributed by atoms with Gasteiger partial charge < -0.3 is 10.1 Å². The fraction of sp³-hybridized carbons (Fsp3) is 0.174. The van der Waals surface area contributed by atoms with Gasteiger partial charge in [-0.15, -0.1) is 0 Å². The monoisotopic (exact) mass is 458 g/mol. The van der Waals surface area contributed by atoms with E-state index in [1.807, 2.05) is 0 Å². The van der Waals surface area contributed by atoms with E-state index in [0.717, 1.165) is 17.7 Å². The van der Waals surface area contributed by atoms with Crippen LogP contribution in [0.3, 0.4) is 0 Å². The minimum atomic E-state index is -3.73. The van der Waals surface area contributed by atoms with Crippen LogP contribution in [0.4, 0.5) is 14.5 Å².